The first-order valence-electron chi connectivity index (χ1n) is 8.76. The van der Waals surface area contributed by atoms with Gasteiger partial charge in [0.25, 0.3) is 0 Å². The Balaban J connectivity index is 0.000000403. The summed E-state index contributed by atoms with van der Waals surface area (Å²) in [4.78, 5) is 0. The number of hydrogen-bond donors (Lipinski definition) is 0. The molecule has 0 fully saturated rings. The van der Waals surface area contributed by atoms with Crippen molar-refractivity contribution in [3.63, 3.8) is 0 Å². The topological polar surface area (TPSA) is 0 Å². The zero-order chi connectivity index (χ0) is 16.9. The number of rotatable bonds is 4. The molecule has 2 aromatic rings. The second-order valence-corrected chi connectivity index (χ2v) is 7.49. The Morgan fingerprint density at radius 3 is 1.09 bits per heavy atom. The standard InChI is InChI=1S/2C11H17.Mg/c2*1-8(2)10-6-5-7-11(10)9(3)4;/h2*5-9H,1-4H3;/q2*-1;+2. The van der Waals surface area contributed by atoms with Gasteiger partial charge in [-0.05, 0) is 11.8 Å². The molecule has 0 aromatic heterocycles. The Labute approximate surface area is 160 Å². The minimum Gasteiger partial charge on any atom is -0.213 e. The molecule has 124 valence electrons. The van der Waals surface area contributed by atoms with Crippen molar-refractivity contribution in [1.82, 2.24) is 0 Å². The monoisotopic (exact) mass is 322 g/mol. The molecular formula is C22H34Mg. The van der Waals surface area contributed by atoms with Crippen molar-refractivity contribution < 1.29 is 0 Å². The fourth-order valence-corrected chi connectivity index (χ4v) is 3.00. The molecule has 0 spiro atoms. The van der Waals surface area contributed by atoms with E-state index < -0.39 is 0 Å². The van der Waals surface area contributed by atoms with Crippen LogP contribution >= 0.6 is 0 Å². The zero-order valence-corrected chi connectivity index (χ0v) is 17.9. The Morgan fingerprint density at radius 2 is 0.913 bits per heavy atom. The fourth-order valence-electron chi connectivity index (χ4n) is 3.00. The second-order valence-electron chi connectivity index (χ2n) is 7.49. The smallest absolute Gasteiger partial charge is 0.213 e. The minimum absolute atomic E-state index is 0. The van der Waals surface area contributed by atoms with Gasteiger partial charge in [-0.2, -0.15) is 34.4 Å². The van der Waals surface area contributed by atoms with E-state index in [4.69, 9.17) is 0 Å². The Morgan fingerprint density at radius 1 is 0.609 bits per heavy atom. The predicted octanol–water partition coefficient (Wildman–Crippen LogP) is 6.92. The van der Waals surface area contributed by atoms with Gasteiger partial charge in [0, 0.05) is 0 Å². The van der Waals surface area contributed by atoms with Gasteiger partial charge >= 0.3 is 23.1 Å². The molecule has 2 aromatic carbocycles. The summed E-state index contributed by atoms with van der Waals surface area (Å²) in [6.45, 7) is 18.0. The Hall–Kier alpha value is -0.534. The molecule has 0 nitrogen and oxygen atoms in total. The van der Waals surface area contributed by atoms with Crippen LogP contribution in [0.25, 0.3) is 0 Å². The van der Waals surface area contributed by atoms with E-state index in [1.807, 2.05) is 0 Å². The third kappa shape index (κ3) is 6.47. The van der Waals surface area contributed by atoms with E-state index in [9.17, 15) is 0 Å². The van der Waals surface area contributed by atoms with Crippen molar-refractivity contribution in [1.29, 1.82) is 0 Å². The first-order chi connectivity index (χ1) is 10.3. The summed E-state index contributed by atoms with van der Waals surface area (Å²) in [5, 5.41) is 0. The van der Waals surface area contributed by atoms with E-state index in [-0.39, 0.29) is 23.1 Å². The summed E-state index contributed by atoms with van der Waals surface area (Å²) < 4.78 is 0. The molecule has 0 heterocycles. The van der Waals surface area contributed by atoms with Gasteiger partial charge in [0.15, 0.2) is 0 Å². The van der Waals surface area contributed by atoms with E-state index in [1.165, 1.54) is 22.3 Å². The van der Waals surface area contributed by atoms with E-state index >= 15 is 0 Å². The molecule has 0 unspecified atom stereocenters. The Bertz CT molecular complexity index is 443. The van der Waals surface area contributed by atoms with E-state index in [0.29, 0.717) is 23.7 Å². The molecule has 0 saturated carbocycles. The predicted molar refractivity (Wildman–Crippen MR) is 106 cm³/mol. The summed E-state index contributed by atoms with van der Waals surface area (Å²) >= 11 is 0. The molecule has 0 atom stereocenters. The van der Waals surface area contributed by atoms with Crippen molar-refractivity contribution in [2.75, 3.05) is 0 Å². The van der Waals surface area contributed by atoms with Gasteiger partial charge in [-0.15, -0.1) is 0 Å². The Kier molecular flexibility index (Phi) is 10.1. The molecule has 23 heavy (non-hydrogen) atoms. The average Bonchev–Trinajstić information content (AvgIpc) is 3.08. The summed E-state index contributed by atoms with van der Waals surface area (Å²) in [7, 11) is 0. The summed E-state index contributed by atoms with van der Waals surface area (Å²) in [5.74, 6) is 2.68. The molecule has 0 saturated heterocycles. The van der Waals surface area contributed by atoms with Crippen LogP contribution in [0.1, 0.15) is 101 Å². The molecule has 0 aliphatic carbocycles. The molecule has 0 radical (unpaired) electrons. The molecule has 0 aliphatic rings. The van der Waals surface area contributed by atoms with Gasteiger partial charge in [-0.1, -0.05) is 67.2 Å². The van der Waals surface area contributed by atoms with Gasteiger partial charge in [-0.3, -0.25) is 0 Å². The molecular weight excluding hydrogens is 289 g/mol. The average molecular weight is 323 g/mol. The van der Waals surface area contributed by atoms with Crippen LogP contribution in [0.4, 0.5) is 0 Å². The van der Waals surface area contributed by atoms with E-state index in [1.54, 1.807) is 0 Å². The fraction of sp³-hybridized carbons (Fsp3) is 0.545. The van der Waals surface area contributed by atoms with Gasteiger partial charge in [0.2, 0.25) is 0 Å². The second kappa shape index (κ2) is 10.4. The third-order valence-electron chi connectivity index (χ3n) is 4.26. The summed E-state index contributed by atoms with van der Waals surface area (Å²) in [6, 6.07) is 13.3. The van der Waals surface area contributed by atoms with Crippen LogP contribution in [0.5, 0.6) is 0 Å². The molecule has 2 rings (SSSR count). The molecule has 0 N–H and O–H groups in total. The maximum Gasteiger partial charge on any atom is 2.00 e. The summed E-state index contributed by atoms with van der Waals surface area (Å²) in [6.07, 6.45) is 0. The van der Waals surface area contributed by atoms with Crippen LogP contribution in [0.3, 0.4) is 0 Å². The first kappa shape index (κ1) is 22.5. The molecule has 1 heteroatoms. The molecule has 0 bridgehead atoms. The quantitative estimate of drug-likeness (QED) is 0.423. The van der Waals surface area contributed by atoms with Crippen LogP contribution in [0.15, 0.2) is 36.4 Å². The SMILES string of the molecule is CC(C)c1ccc[c-]1C(C)C.CC(C)c1ccc[c-]1C(C)C.[Mg+2]. The van der Waals surface area contributed by atoms with Crippen molar-refractivity contribution in [2.24, 2.45) is 0 Å². The van der Waals surface area contributed by atoms with E-state index in [0.717, 1.165) is 0 Å². The number of hydrogen-bond acceptors (Lipinski definition) is 0. The minimum atomic E-state index is 0. The van der Waals surface area contributed by atoms with Gasteiger partial charge in [-0.25, -0.2) is 24.3 Å². The summed E-state index contributed by atoms with van der Waals surface area (Å²) in [5.41, 5.74) is 6.06. The van der Waals surface area contributed by atoms with Crippen LogP contribution in [0, 0.1) is 0 Å². The molecule has 0 aliphatic heterocycles. The maximum absolute atomic E-state index is 2.25. The normalized spacial score (nSPS) is 11.0. The van der Waals surface area contributed by atoms with Crippen LogP contribution in [-0.4, -0.2) is 23.1 Å². The third-order valence-corrected chi connectivity index (χ3v) is 4.26. The van der Waals surface area contributed by atoms with Crippen molar-refractivity contribution in [3.8, 4) is 0 Å². The van der Waals surface area contributed by atoms with Gasteiger partial charge in [0.1, 0.15) is 0 Å². The van der Waals surface area contributed by atoms with E-state index in [2.05, 4.69) is 91.8 Å². The van der Waals surface area contributed by atoms with Crippen molar-refractivity contribution >= 4 is 23.1 Å². The van der Waals surface area contributed by atoms with Crippen molar-refractivity contribution in [2.45, 2.75) is 79.1 Å². The largest absolute Gasteiger partial charge is 2.00 e. The molecule has 0 amide bonds. The van der Waals surface area contributed by atoms with Crippen LogP contribution in [0.2, 0.25) is 0 Å². The maximum atomic E-state index is 2.25. The van der Waals surface area contributed by atoms with Gasteiger partial charge in [0.05, 0.1) is 0 Å². The van der Waals surface area contributed by atoms with Crippen molar-refractivity contribution in [3.05, 3.63) is 58.7 Å². The zero-order valence-electron chi connectivity index (χ0n) is 16.5. The first-order valence-corrected chi connectivity index (χ1v) is 8.76. The van der Waals surface area contributed by atoms with Crippen LogP contribution in [-0.2, 0) is 0 Å². The van der Waals surface area contributed by atoms with Crippen LogP contribution < -0.4 is 0 Å². The van der Waals surface area contributed by atoms with Gasteiger partial charge < -0.3 is 0 Å².